The summed E-state index contributed by atoms with van der Waals surface area (Å²) in [4.78, 5) is 0. The van der Waals surface area contributed by atoms with Crippen LogP contribution in [-0.4, -0.2) is 7.05 Å². The van der Waals surface area contributed by atoms with Crippen LogP contribution in [0.4, 0.5) is 11.4 Å². The maximum absolute atomic E-state index is 6.12. The molecule has 0 radical (unpaired) electrons. The van der Waals surface area contributed by atoms with Crippen LogP contribution >= 0.6 is 0 Å². The lowest BCUT2D eigenvalue weighted by Gasteiger charge is -2.13. The van der Waals surface area contributed by atoms with Crippen molar-refractivity contribution in [3.63, 3.8) is 0 Å². The molecule has 0 spiro atoms. The van der Waals surface area contributed by atoms with Gasteiger partial charge in [0.25, 0.3) is 0 Å². The fraction of sp³-hybridized carbons (Fsp3) is 0.231. The molecule has 3 N–H and O–H groups in total. The molecule has 0 aliphatic heterocycles. The standard InChI is InChI=1S/C13H16N2/c1-8-4-6-10-7-5-9(2)13(15-3)11(10)12(8)14/h4-7,15H,14H2,1-3H3. The van der Waals surface area contributed by atoms with Gasteiger partial charge in [0.05, 0.1) is 0 Å². The monoisotopic (exact) mass is 200 g/mol. The minimum Gasteiger partial charge on any atom is -0.398 e. The fourth-order valence-corrected chi connectivity index (χ4v) is 1.98. The molecule has 0 aliphatic carbocycles. The zero-order chi connectivity index (χ0) is 11.0. The molecular formula is C13H16N2. The maximum Gasteiger partial charge on any atom is 0.0467 e. The van der Waals surface area contributed by atoms with Crippen LogP contribution in [0.2, 0.25) is 0 Å². The molecule has 0 amide bonds. The average molecular weight is 200 g/mol. The molecule has 2 nitrogen and oxygen atoms in total. The molecule has 2 heteroatoms. The predicted octanol–water partition coefficient (Wildman–Crippen LogP) is 3.08. The summed E-state index contributed by atoms with van der Waals surface area (Å²) >= 11 is 0. The van der Waals surface area contributed by atoms with E-state index in [0.717, 1.165) is 22.3 Å². The lowest BCUT2D eigenvalue weighted by atomic mass is 10.0. The topological polar surface area (TPSA) is 38.0 Å². The molecule has 78 valence electrons. The molecule has 0 aromatic heterocycles. The Morgan fingerprint density at radius 2 is 1.60 bits per heavy atom. The van der Waals surface area contributed by atoms with Crippen LogP contribution < -0.4 is 11.1 Å². The van der Waals surface area contributed by atoms with Crippen LogP contribution in [0.3, 0.4) is 0 Å². The third kappa shape index (κ3) is 1.42. The van der Waals surface area contributed by atoms with Crippen LogP contribution in [0, 0.1) is 13.8 Å². The van der Waals surface area contributed by atoms with Crippen molar-refractivity contribution in [3.05, 3.63) is 35.4 Å². The van der Waals surface area contributed by atoms with Gasteiger partial charge in [0, 0.05) is 23.8 Å². The van der Waals surface area contributed by atoms with Crippen molar-refractivity contribution in [2.45, 2.75) is 13.8 Å². The number of nitrogen functional groups attached to an aromatic ring is 1. The highest BCUT2D eigenvalue weighted by Gasteiger charge is 2.07. The molecule has 15 heavy (non-hydrogen) atoms. The fourth-order valence-electron chi connectivity index (χ4n) is 1.98. The minimum absolute atomic E-state index is 0.876. The van der Waals surface area contributed by atoms with Crippen LogP contribution in [0.15, 0.2) is 24.3 Å². The van der Waals surface area contributed by atoms with Crippen molar-refractivity contribution >= 4 is 22.1 Å². The normalized spacial score (nSPS) is 10.6. The van der Waals surface area contributed by atoms with Gasteiger partial charge >= 0.3 is 0 Å². The molecule has 0 bridgehead atoms. The van der Waals surface area contributed by atoms with Crippen molar-refractivity contribution in [3.8, 4) is 0 Å². The minimum atomic E-state index is 0.876. The molecule has 0 unspecified atom stereocenters. The summed E-state index contributed by atoms with van der Waals surface area (Å²) in [5.74, 6) is 0. The smallest absolute Gasteiger partial charge is 0.0467 e. The highest BCUT2D eigenvalue weighted by molar-refractivity contribution is 6.04. The van der Waals surface area contributed by atoms with Crippen molar-refractivity contribution in [1.82, 2.24) is 0 Å². The van der Waals surface area contributed by atoms with Gasteiger partial charge in [-0.15, -0.1) is 0 Å². The number of benzene rings is 2. The van der Waals surface area contributed by atoms with E-state index >= 15 is 0 Å². The Kier molecular flexibility index (Phi) is 2.27. The van der Waals surface area contributed by atoms with Crippen molar-refractivity contribution in [2.24, 2.45) is 0 Å². The molecule has 0 saturated carbocycles. The number of hydrogen-bond acceptors (Lipinski definition) is 2. The van der Waals surface area contributed by atoms with Crippen LogP contribution in [0.5, 0.6) is 0 Å². The highest BCUT2D eigenvalue weighted by Crippen LogP contribution is 2.33. The van der Waals surface area contributed by atoms with Gasteiger partial charge in [-0.25, -0.2) is 0 Å². The van der Waals surface area contributed by atoms with E-state index in [4.69, 9.17) is 5.73 Å². The van der Waals surface area contributed by atoms with Gasteiger partial charge in [0.15, 0.2) is 0 Å². The Hall–Kier alpha value is -1.70. The second-order valence-corrected chi connectivity index (χ2v) is 3.90. The van der Waals surface area contributed by atoms with Gasteiger partial charge in [-0.1, -0.05) is 24.3 Å². The quantitative estimate of drug-likeness (QED) is 0.694. The first kappa shape index (κ1) is 9.84. The molecule has 2 aromatic carbocycles. The lowest BCUT2D eigenvalue weighted by Crippen LogP contribution is -1.98. The third-order valence-corrected chi connectivity index (χ3v) is 2.90. The van der Waals surface area contributed by atoms with E-state index in [1.807, 2.05) is 14.0 Å². The number of rotatable bonds is 1. The molecule has 0 fully saturated rings. The van der Waals surface area contributed by atoms with E-state index < -0.39 is 0 Å². The Bertz CT molecular complexity index is 510. The molecular weight excluding hydrogens is 184 g/mol. The van der Waals surface area contributed by atoms with Gasteiger partial charge in [-0.05, 0) is 30.4 Å². The van der Waals surface area contributed by atoms with Gasteiger partial charge < -0.3 is 11.1 Å². The Morgan fingerprint density at radius 1 is 1.00 bits per heavy atom. The lowest BCUT2D eigenvalue weighted by molar-refractivity contribution is 1.42. The summed E-state index contributed by atoms with van der Waals surface area (Å²) in [6, 6.07) is 8.40. The average Bonchev–Trinajstić information content (AvgIpc) is 2.24. The van der Waals surface area contributed by atoms with Crippen molar-refractivity contribution in [1.29, 1.82) is 0 Å². The van der Waals surface area contributed by atoms with E-state index in [2.05, 4.69) is 36.5 Å². The first-order valence-corrected chi connectivity index (χ1v) is 5.11. The van der Waals surface area contributed by atoms with Crippen LogP contribution in [-0.2, 0) is 0 Å². The molecule has 0 heterocycles. The third-order valence-electron chi connectivity index (χ3n) is 2.90. The first-order valence-electron chi connectivity index (χ1n) is 5.11. The number of anilines is 2. The molecule has 0 atom stereocenters. The summed E-state index contributed by atoms with van der Waals surface area (Å²) < 4.78 is 0. The second kappa shape index (κ2) is 3.46. The zero-order valence-electron chi connectivity index (χ0n) is 9.39. The summed E-state index contributed by atoms with van der Waals surface area (Å²) in [6.07, 6.45) is 0. The van der Waals surface area contributed by atoms with E-state index in [0.29, 0.717) is 0 Å². The van der Waals surface area contributed by atoms with Gasteiger partial charge in [0.1, 0.15) is 0 Å². The summed E-state index contributed by atoms with van der Waals surface area (Å²) in [5.41, 5.74) is 10.5. The van der Waals surface area contributed by atoms with Crippen LogP contribution in [0.1, 0.15) is 11.1 Å². The number of fused-ring (bicyclic) bond motifs is 1. The van der Waals surface area contributed by atoms with Crippen LogP contribution in [0.25, 0.3) is 10.8 Å². The predicted molar refractivity (Wildman–Crippen MR) is 67.4 cm³/mol. The number of nitrogens with two attached hydrogens (primary N) is 1. The van der Waals surface area contributed by atoms with Crippen molar-refractivity contribution in [2.75, 3.05) is 18.1 Å². The number of hydrogen-bond donors (Lipinski definition) is 2. The Labute approximate surface area is 90.1 Å². The van der Waals surface area contributed by atoms with E-state index in [9.17, 15) is 0 Å². The summed E-state index contributed by atoms with van der Waals surface area (Å²) in [7, 11) is 1.93. The Balaban J connectivity index is 2.94. The van der Waals surface area contributed by atoms with Gasteiger partial charge in [0.2, 0.25) is 0 Å². The molecule has 2 rings (SSSR count). The van der Waals surface area contributed by atoms with Gasteiger partial charge in [-0.3, -0.25) is 0 Å². The first-order chi connectivity index (χ1) is 7.15. The molecule has 0 aliphatic rings. The maximum atomic E-state index is 6.12. The van der Waals surface area contributed by atoms with Crippen molar-refractivity contribution < 1.29 is 0 Å². The summed E-state index contributed by atoms with van der Waals surface area (Å²) in [5, 5.41) is 5.55. The van der Waals surface area contributed by atoms with E-state index in [-0.39, 0.29) is 0 Å². The molecule has 0 saturated heterocycles. The zero-order valence-corrected chi connectivity index (χ0v) is 9.39. The molecule has 2 aromatic rings. The number of nitrogens with one attached hydrogen (secondary N) is 1. The van der Waals surface area contributed by atoms with E-state index in [1.165, 1.54) is 10.9 Å². The van der Waals surface area contributed by atoms with E-state index in [1.54, 1.807) is 0 Å². The SMILES string of the molecule is CNc1c(C)ccc2ccc(C)c(N)c12. The Morgan fingerprint density at radius 3 is 2.20 bits per heavy atom. The van der Waals surface area contributed by atoms with Gasteiger partial charge in [-0.2, -0.15) is 0 Å². The highest BCUT2D eigenvalue weighted by atomic mass is 14.8. The second-order valence-electron chi connectivity index (χ2n) is 3.90. The largest absolute Gasteiger partial charge is 0.398 e. The summed E-state index contributed by atoms with van der Waals surface area (Å²) in [6.45, 7) is 4.13. The number of aryl methyl sites for hydroxylation is 2.